The lowest BCUT2D eigenvalue weighted by Crippen LogP contribution is -2.38. The molecule has 0 saturated carbocycles. The van der Waals surface area contributed by atoms with Gasteiger partial charge in [-0.3, -0.25) is 4.79 Å². The van der Waals surface area contributed by atoms with E-state index >= 15 is 0 Å². The van der Waals surface area contributed by atoms with Crippen LogP contribution in [0.25, 0.3) is 22.2 Å². The third kappa shape index (κ3) is 3.91. The molecule has 0 bridgehead atoms. The molecule has 2 atom stereocenters. The Kier molecular flexibility index (Phi) is 5.40. The Morgan fingerprint density at radius 3 is 2.91 bits per heavy atom. The van der Waals surface area contributed by atoms with Crippen LogP contribution in [-0.2, 0) is 17.6 Å². The fourth-order valence-corrected chi connectivity index (χ4v) is 5.48. The minimum absolute atomic E-state index is 0.0643. The molecule has 6 rings (SSSR count). The smallest absolute Gasteiger partial charge is 0.233 e. The van der Waals surface area contributed by atoms with Crippen molar-refractivity contribution in [3.05, 3.63) is 70.9 Å². The van der Waals surface area contributed by atoms with Gasteiger partial charge in [0.15, 0.2) is 0 Å². The summed E-state index contributed by atoms with van der Waals surface area (Å²) < 4.78 is 11.5. The number of nitrogens with zero attached hydrogens (tertiary/aromatic N) is 2. The summed E-state index contributed by atoms with van der Waals surface area (Å²) in [6.45, 7) is 2.53. The predicted molar refractivity (Wildman–Crippen MR) is 134 cm³/mol. The number of H-pyrrole nitrogens is 1. The average Bonchev–Trinajstić information content (AvgIpc) is 3.47. The van der Waals surface area contributed by atoms with E-state index in [2.05, 4.69) is 57.8 Å². The van der Waals surface area contributed by atoms with Crippen LogP contribution in [0, 0.1) is 6.92 Å². The highest BCUT2D eigenvalue weighted by Gasteiger charge is 2.32. The molecule has 35 heavy (non-hydrogen) atoms. The van der Waals surface area contributed by atoms with Gasteiger partial charge in [-0.15, -0.1) is 10.2 Å². The van der Waals surface area contributed by atoms with E-state index in [1.54, 1.807) is 13.2 Å². The number of para-hydroxylation sites is 1. The van der Waals surface area contributed by atoms with Crippen molar-refractivity contribution >= 4 is 16.8 Å². The lowest BCUT2D eigenvalue weighted by Gasteiger charge is -2.23. The Bertz CT molecular complexity index is 1410. The molecule has 0 radical (unpaired) electrons. The van der Waals surface area contributed by atoms with Crippen molar-refractivity contribution in [1.29, 1.82) is 0 Å². The number of hydrogen-bond donors (Lipinski definition) is 2. The molecular weight excluding hydrogens is 440 g/mol. The molecule has 1 aliphatic heterocycles. The van der Waals surface area contributed by atoms with Gasteiger partial charge in [0.2, 0.25) is 11.8 Å². The zero-order valence-electron chi connectivity index (χ0n) is 19.9. The molecule has 0 unspecified atom stereocenters. The van der Waals surface area contributed by atoms with Gasteiger partial charge in [0.25, 0.3) is 0 Å². The SMILES string of the molecule is COc1ccc(-c2cc(C)cc3c2O[C@H](CNC(=O)[C@H]2CCCc4c2[nH]c2ccccc42)C3)nn1. The lowest BCUT2D eigenvalue weighted by molar-refractivity contribution is -0.123. The number of fused-ring (bicyclic) bond motifs is 4. The molecular formula is C28H28N4O3. The van der Waals surface area contributed by atoms with Crippen LogP contribution in [0.15, 0.2) is 48.5 Å². The van der Waals surface area contributed by atoms with Gasteiger partial charge >= 0.3 is 0 Å². The molecule has 1 aliphatic carbocycles. The summed E-state index contributed by atoms with van der Waals surface area (Å²) in [6.07, 6.45) is 3.52. The van der Waals surface area contributed by atoms with Gasteiger partial charge in [0.05, 0.1) is 25.3 Å². The highest BCUT2D eigenvalue weighted by Crippen LogP contribution is 2.40. The molecule has 4 aromatic rings. The van der Waals surface area contributed by atoms with Crippen molar-refractivity contribution in [1.82, 2.24) is 20.5 Å². The van der Waals surface area contributed by atoms with Crippen molar-refractivity contribution in [2.75, 3.05) is 13.7 Å². The maximum Gasteiger partial charge on any atom is 0.233 e. The summed E-state index contributed by atoms with van der Waals surface area (Å²) in [7, 11) is 1.57. The average molecular weight is 469 g/mol. The first-order valence-electron chi connectivity index (χ1n) is 12.2. The van der Waals surface area contributed by atoms with Crippen molar-refractivity contribution < 1.29 is 14.3 Å². The number of ether oxygens (including phenoxy) is 2. The summed E-state index contributed by atoms with van der Waals surface area (Å²) >= 11 is 0. The number of carbonyl (C=O) groups is 1. The number of aryl methyl sites for hydroxylation is 2. The second kappa shape index (κ2) is 8.73. The van der Waals surface area contributed by atoms with Gasteiger partial charge in [0.1, 0.15) is 11.9 Å². The number of benzene rings is 2. The molecule has 7 nitrogen and oxygen atoms in total. The minimum Gasteiger partial charge on any atom is -0.487 e. The molecule has 7 heteroatoms. The summed E-state index contributed by atoms with van der Waals surface area (Å²) in [5.74, 6) is 1.21. The predicted octanol–water partition coefficient (Wildman–Crippen LogP) is 4.48. The Labute approximate surface area is 203 Å². The van der Waals surface area contributed by atoms with Crippen molar-refractivity contribution in [3.8, 4) is 22.9 Å². The molecule has 0 spiro atoms. The van der Waals surface area contributed by atoms with E-state index in [1.165, 1.54) is 10.9 Å². The monoisotopic (exact) mass is 468 g/mol. The van der Waals surface area contributed by atoms with E-state index < -0.39 is 0 Å². The van der Waals surface area contributed by atoms with E-state index in [1.807, 2.05) is 12.1 Å². The third-order valence-corrected chi connectivity index (χ3v) is 7.10. The van der Waals surface area contributed by atoms with Crippen molar-refractivity contribution in [2.45, 2.75) is 44.6 Å². The van der Waals surface area contributed by atoms with Crippen molar-refractivity contribution in [3.63, 3.8) is 0 Å². The van der Waals surface area contributed by atoms with Gasteiger partial charge in [0, 0.05) is 34.6 Å². The van der Waals surface area contributed by atoms with Gasteiger partial charge in [-0.1, -0.05) is 24.3 Å². The number of nitrogens with one attached hydrogen (secondary N) is 2. The molecule has 2 aliphatic rings. The number of aromatic amines is 1. The van der Waals surface area contributed by atoms with Crippen molar-refractivity contribution in [2.24, 2.45) is 0 Å². The number of amides is 1. The lowest BCUT2D eigenvalue weighted by atomic mass is 9.86. The van der Waals surface area contributed by atoms with Crippen LogP contribution in [0.2, 0.25) is 0 Å². The topological polar surface area (TPSA) is 89.1 Å². The molecule has 3 heterocycles. The molecule has 2 N–H and O–H groups in total. The van der Waals surface area contributed by atoms with E-state index in [0.29, 0.717) is 12.4 Å². The summed E-state index contributed by atoms with van der Waals surface area (Å²) in [6, 6.07) is 16.2. The first kappa shape index (κ1) is 21.6. The number of carbonyl (C=O) groups excluding carboxylic acids is 1. The van der Waals surface area contributed by atoms with Crippen LogP contribution >= 0.6 is 0 Å². The van der Waals surface area contributed by atoms with Gasteiger partial charge in [-0.05, 0) is 61.1 Å². The summed E-state index contributed by atoms with van der Waals surface area (Å²) in [4.78, 5) is 16.8. The Morgan fingerprint density at radius 1 is 1.20 bits per heavy atom. The second-order valence-electron chi connectivity index (χ2n) is 9.46. The highest BCUT2D eigenvalue weighted by molar-refractivity contribution is 5.90. The van der Waals surface area contributed by atoms with E-state index in [9.17, 15) is 4.79 Å². The Morgan fingerprint density at radius 2 is 2.09 bits per heavy atom. The van der Waals surface area contributed by atoms with E-state index in [4.69, 9.17) is 9.47 Å². The molecule has 1 amide bonds. The first-order valence-corrected chi connectivity index (χ1v) is 12.2. The molecule has 178 valence electrons. The fraction of sp³-hybridized carbons (Fsp3) is 0.321. The first-order chi connectivity index (χ1) is 17.1. The maximum atomic E-state index is 13.3. The van der Waals surface area contributed by atoms with Crippen LogP contribution in [-0.4, -0.2) is 40.8 Å². The Hall–Kier alpha value is -3.87. The van der Waals surface area contributed by atoms with Crippen LogP contribution in [0.5, 0.6) is 11.6 Å². The van der Waals surface area contributed by atoms with Gasteiger partial charge in [-0.25, -0.2) is 0 Å². The quantitative estimate of drug-likeness (QED) is 0.451. The standard InChI is InChI=1S/C28H28N4O3/c1-16-12-17-14-18(35-27(17)22(13-16)24-10-11-25(34-2)32-31-24)15-29-28(33)21-8-5-7-20-19-6-3-4-9-23(19)30-26(20)21/h3-4,6,9-13,18,21,30H,5,7-8,14-15H2,1-2H3,(H,29,33)/t18-,21-/m0/s1. The molecule has 2 aromatic carbocycles. The number of rotatable bonds is 5. The number of hydrogen-bond acceptors (Lipinski definition) is 5. The summed E-state index contributed by atoms with van der Waals surface area (Å²) in [5.41, 5.74) is 7.39. The van der Waals surface area contributed by atoms with Crippen LogP contribution in [0.4, 0.5) is 0 Å². The summed E-state index contributed by atoms with van der Waals surface area (Å²) in [5, 5.41) is 12.8. The fourth-order valence-electron chi connectivity index (χ4n) is 5.48. The highest BCUT2D eigenvalue weighted by atomic mass is 16.5. The molecule has 0 fully saturated rings. The minimum atomic E-state index is -0.151. The molecule has 2 aromatic heterocycles. The van der Waals surface area contributed by atoms with Crippen LogP contribution in [0.3, 0.4) is 0 Å². The largest absolute Gasteiger partial charge is 0.487 e. The Balaban J connectivity index is 1.17. The third-order valence-electron chi connectivity index (χ3n) is 7.10. The van der Waals surface area contributed by atoms with Crippen LogP contribution < -0.4 is 14.8 Å². The normalized spacial score (nSPS) is 18.6. The van der Waals surface area contributed by atoms with Gasteiger partial charge < -0.3 is 19.8 Å². The number of aromatic nitrogens is 3. The second-order valence-corrected chi connectivity index (χ2v) is 9.46. The molecule has 0 saturated heterocycles. The van der Waals surface area contributed by atoms with Gasteiger partial charge in [-0.2, -0.15) is 0 Å². The zero-order valence-corrected chi connectivity index (χ0v) is 19.9. The van der Waals surface area contributed by atoms with E-state index in [-0.39, 0.29) is 17.9 Å². The van der Waals surface area contributed by atoms with E-state index in [0.717, 1.165) is 65.0 Å². The zero-order chi connectivity index (χ0) is 23.9. The number of methoxy groups -OCH3 is 1. The van der Waals surface area contributed by atoms with Crippen LogP contribution in [0.1, 0.15) is 41.1 Å². The maximum absolute atomic E-state index is 13.3.